The highest BCUT2D eigenvalue weighted by Gasteiger charge is 2.13. The molecular formula is C20H27NO3. The number of rotatable bonds is 10. The summed E-state index contributed by atoms with van der Waals surface area (Å²) in [4.78, 5) is 0. The Morgan fingerprint density at radius 1 is 1.00 bits per heavy atom. The predicted molar refractivity (Wildman–Crippen MR) is 96.6 cm³/mol. The molecular weight excluding hydrogens is 302 g/mol. The van der Waals surface area contributed by atoms with Crippen molar-refractivity contribution in [3.63, 3.8) is 0 Å². The van der Waals surface area contributed by atoms with Crippen LogP contribution in [0, 0.1) is 0 Å². The van der Waals surface area contributed by atoms with Crippen LogP contribution < -0.4 is 15.2 Å². The van der Waals surface area contributed by atoms with Crippen molar-refractivity contribution in [2.24, 2.45) is 5.73 Å². The van der Waals surface area contributed by atoms with Gasteiger partial charge in [0.15, 0.2) is 11.5 Å². The molecule has 0 aromatic heterocycles. The van der Waals surface area contributed by atoms with Crippen molar-refractivity contribution in [2.45, 2.75) is 32.4 Å². The summed E-state index contributed by atoms with van der Waals surface area (Å²) in [6, 6.07) is 16.1. The Bertz CT molecular complexity index is 601. The van der Waals surface area contributed by atoms with Crippen LogP contribution in [0.3, 0.4) is 0 Å². The molecule has 130 valence electrons. The minimum atomic E-state index is 0.119. The average Bonchev–Trinajstić information content (AvgIpc) is 2.63. The van der Waals surface area contributed by atoms with Gasteiger partial charge in [-0.15, -0.1) is 0 Å². The number of methoxy groups -OCH3 is 1. The molecule has 0 aliphatic rings. The summed E-state index contributed by atoms with van der Waals surface area (Å²) in [7, 11) is 1.65. The second-order valence-corrected chi connectivity index (χ2v) is 5.71. The van der Waals surface area contributed by atoms with E-state index >= 15 is 0 Å². The van der Waals surface area contributed by atoms with Crippen molar-refractivity contribution in [1.29, 1.82) is 0 Å². The van der Waals surface area contributed by atoms with Gasteiger partial charge in [0.2, 0.25) is 0 Å². The fourth-order valence-electron chi connectivity index (χ4n) is 2.44. The smallest absolute Gasteiger partial charge is 0.164 e. The first-order chi connectivity index (χ1) is 11.7. The van der Waals surface area contributed by atoms with Crippen molar-refractivity contribution in [1.82, 2.24) is 0 Å². The third-order valence-electron chi connectivity index (χ3n) is 3.87. The highest BCUT2D eigenvalue weighted by molar-refractivity contribution is 5.47. The van der Waals surface area contributed by atoms with Crippen LogP contribution in [0.25, 0.3) is 0 Å². The fourth-order valence-corrected chi connectivity index (χ4v) is 2.44. The summed E-state index contributed by atoms with van der Waals surface area (Å²) < 4.78 is 17.0. The molecule has 0 fully saturated rings. The van der Waals surface area contributed by atoms with Crippen LogP contribution in [0.1, 0.15) is 24.5 Å². The molecule has 0 spiro atoms. The quantitative estimate of drug-likeness (QED) is 0.677. The number of benzene rings is 2. The molecule has 0 amide bonds. The standard InChI is InChI=1S/C20H27NO3/c1-3-18(21)14-17-10-7-11-19(22-2)20(17)24-13-12-23-15-16-8-5-4-6-9-16/h4-11,18H,3,12-15,21H2,1-2H3. The maximum atomic E-state index is 6.09. The molecule has 4 heteroatoms. The third kappa shape index (κ3) is 5.55. The molecule has 0 aliphatic heterocycles. The summed E-state index contributed by atoms with van der Waals surface area (Å²) in [5.74, 6) is 1.51. The number of hydrogen-bond donors (Lipinski definition) is 1. The SMILES string of the molecule is CCC(N)Cc1cccc(OC)c1OCCOCc1ccccc1. The van der Waals surface area contributed by atoms with Crippen molar-refractivity contribution in [2.75, 3.05) is 20.3 Å². The molecule has 0 aliphatic carbocycles. The molecule has 2 aromatic rings. The van der Waals surface area contributed by atoms with Crippen molar-refractivity contribution >= 4 is 0 Å². The van der Waals surface area contributed by atoms with Gasteiger partial charge < -0.3 is 19.9 Å². The fraction of sp³-hybridized carbons (Fsp3) is 0.400. The van der Waals surface area contributed by atoms with Gasteiger partial charge in [0.25, 0.3) is 0 Å². The van der Waals surface area contributed by atoms with Gasteiger partial charge in [-0.3, -0.25) is 0 Å². The van der Waals surface area contributed by atoms with Gasteiger partial charge in [-0.1, -0.05) is 49.4 Å². The van der Waals surface area contributed by atoms with Crippen LogP contribution in [0.15, 0.2) is 48.5 Å². The summed E-state index contributed by atoms with van der Waals surface area (Å²) in [5.41, 5.74) is 8.32. The van der Waals surface area contributed by atoms with E-state index in [-0.39, 0.29) is 6.04 Å². The number of ether oxygens (including phenoxy) is 3. The summed E-state index contributed by atoms with van der Waals surface area (Å²) in [6.45, 7) is 3.67. The molecule has 2 aromatic carbocycles. The second kappa shape index (κ2) is 9.96. The molecule has 1 unspecified atom stereocenters. The number of para-hydroxylation sites is 1. The summed E-state index contributed by atoms with van der Waals surface area (Å²) >= 11 is 0. The lowest BCUT2D eigenvalue weighted by atomic mass is 10.0. The normalized spacial score (nSPS) is 12.0. The molecule has 0 saturated carbocycles. The molecule has 0 heterocycles. The first kappa shape index (κ1) is 18.3. The van der Waals surface area contributed by atoms with Crippen LogP contribution in [-0.2, 0) is 17.8 Å². The lowest BCUT2D eigenvalue weighted by molar-refractivity contribution is 0.0876. The van der Waals surface area contributed by atoms with Gasteiger partial charge in [-0.2, -0.15) is 0 Å². The van der Waals surface area contributed by atoms with Crippen LogP contribution >= 0.6 is 0 Å². The minimum absolute atomic E-state index is 0.119. The highest BCUT2D eigenvalue weighted by atomic mass is 16.5. The van der Waals surface area contributed by atoms with E-state index in [0.717, 1.165) is 35.5 Å². The van der Waals surface area contributed by atoms with Gasteiger partial charge in [-0.25, -0.2) is 0 Å². The van der Waals surface area contributed by atoms with Crippen LogP contribution in [0.4, 0.5) is 0 Å². The minimum Gasteiger partial charge on any atom is -0.493 e. The molecule has 0 radical (unpaired) electrons. The van der Waals surface area contributed by atoms with Crippen molar-refractivity contribution in [3.05, 3.63) is 59.7 Å². The zero-order valence-corrected chi connectivity index (χ0v) is 14.5. The predicted octanol–water partition coefficient (Wildman–Crippen LogP) is 3.57. The molecule has 0 saturated heterocycles. The van der Waals surface area contributed by atoms with Crippen LogP contribution in [0.2, 0.25) is 0 Å². The largest absolute Gasteiger partial charge is 0.493 e. The monoisotopic (exact) mass is 329 g/mol. The van der Waals surface area contributed by atoms with E-state index in [4.69, 9.17) is 19.9 Å². The molecule has 2 N–H and O–H groups in total. The Balaban J connectivity index is 1.88. The third-order valence-corrected chi connectivity index (χ3v) is 3.87. The first-order valence-electron chi connectivity index (χ1n) is 8.40. The Morgan fingerprint density at radius 3 is 2.50 bits per heavy atom. The van der Waals surface area contributed by atoms with E-state index in [1.54, 1.807) is 7.11 Å². The Kier molecular flexibility index (Phi) is 7.59. The Morgan fingerprint density at radius 2 is 1.79 bits per heavy atom. The van der Waals surface area contributed by atoms with Gasteiger partial charge in [-0.05, 0) is 30.0 Å². The summed E-state index contributed by atoms with van der Waals surface area (Å²) in [5, 5.41) is 0. The zero-order chi connectivity index (χ0) is 17.2. The average molecular weight is 329 g/mol. The van der Waals surface area contributed by atoms with Crippen LogP contribution in [0.5, 0.6) is 11.5 Å². The Hall–Kier alpha value is -2.04. The Labute approximate surface area is 144 Å². The van der Waals surface area contributed by atoms with Gasteiger partial charge in [0.1, 0.15) is 6.61 Å². The molecule has 4 nitrogen and oxygen atoms in total. The van der Waals surface area contributed by atoms with E-state index in [1.807, 2.05) is 48.5 Å². The van der Waals surface area contributed by atoms with E-state index in [9.17, 15) is 0 Å². The van der Waals surface area contributed by atoms with E-state index in [0.29, 0.717) is 19.8 Å². The topological polar surface area (TPSA) is 53.7 Å². The number of hydrogen-bond acceptors (Lipinski definition) is 4. The molecule has 2 rings (SSSR count). The lowest BCUT2D eigenvalue weighted by Crippen LogP contribution is -2.22. The molecule has 0 bridgehead atoms. The van der Waals surface area contributed by atoms with Gasteiger partial charge in [0, 0.05) is 6.04 Å². The van der Waals surface area contributed by atoms with Gasteiger partial charge >= 0.3 is 0 Å². The zero-order valence-electron chi connectivity index (χ0n) is 14.5. The van der Waals surface area contributed by atoms with Crippen molar-refractivity contribution in [3.8, 4) is 11.5 Å². The van der Waals surface area contributed by atoms with E-state index in [1.165, 1.54) is 0 Å². The van der Waals surface area contributed by atoms with E-state index in [2.05, 4.69) is 6.92 Å². The molecule has 1 atom stereocenters. The van der Waals surface area contributed by atoms with Gasteiger partial charge in [0.05, 0.1) is 20.3 Å². The lowest BCUT2D eigenvalue weighted by Gasteiger charge is -2.17. The summed E-state index contributed by atoms with van der Waals surface area (Å²) in [6.07, 6.45) is 1.70. The highest BCUT2D eigenvalue weighted by Crippen LogP contribution is 2.32. The molecule has 24 heavy (non-hydrogen) atoms. The first-order valence-corrected chi connectivity index (χ1v) is 8.40. The van der Waals surface area contributed by atoms with Crippen LogP contribution in [-0.4, -0.2) is 26.4 Å². The van der Waals surface area contributed by atoms with E-state index < -0.39 is 0 Å². The maximum Gasteiger partial charge on any atom is 0.164 e. The number of nitrogens with two attached hydrogens (primary N) is 1. The second-order valence-electron chi connectivity index (χ2n) is 5.71. The van der Waals surface area contributed by atoms with Crippen molar-refractivity contribution < 1.29 is 14.2 Å². The maximum absolute atomic E-state index is 6.09.